The summed E-state index contributed by atoms with van der Waals surface area (Å²) in [5.74, 6) is -0.401. The number of carbonyl (C=O) groups excluding carboxylic acids is 1. The first-order chi connectivity index (χ1) is 8.63. The fraction of sp³-hybridized carbons (Fsp3) is 0.500. The quantitative estimate of drug-likeness (QED) is 0.691. The second-order valence-electron chi connectivity index (χ2n) is 3.94. The maximum atomic E-state index is 11.5. The van der Waals surface area contributed by atoms with E-state index >= 15 is 0 Å². The molecule has 0 spiro atoms. The molecule has 2 amide bonds. The van der Waals surface area contributed by atoms with Gasteiger partial charge in [0.05, 0.1) is 12.8 Å². The minimum Gasteiger partial charge on any atom is -0.480 e. The number of carboxylic acid groups (broad SMARTS) is 1. The first-order valence-electron chi connectivity index (χ1n) is 5.93. The molecule has 1 aromatic heterocycles. The Morgan fingerprint density at radius 3 is 2.83 bits per heavy atom. The molecule has 0 aliphatic heterocycles. The zero-order chi connectivity index (χ0) is 13.4. The molecule has 0 fully saturated rings. The average Bonchev–Trinajstić information content (AvgIpc) is 2.84. The van der Waals surface area contributed by atoms with E-state index < -0.39 is 18.0 Å². The van der Waals surface area contributed by atoms with Gasteiger partial charge in [-0.15, -0.1) is 0 Å². The molecule has 1 heterocycles. The van der Waals surface area contributed by atoms with Crippen molar-refractivity contribution in [3.63, 3.8) is 0 Å². The van der Waals surface area contributed by atoms with Crippen LogP contribution in [0.4, 0.5) is 4.79 Å². The molecule has 0 radical (unpaired) electrons. The van der Waals surface area contributed by atoms with Gasteiger partial charge < -0.3 is 20.2 Å². The Bertz CT molecular complexity index is 375. The second kappa shape index (κ2) is 7.37. The molecule has 3 N–H and O–H groups in total. The Labute approximate surface area is 105 Å². The lowest BCUT2D eigenvalue weighted by Gasteiger charge is -2.14. The number of carbonyl (C=O) groups is 2. The number of aliphatic carboxylic acids is 1. The van der Waals surface area contributed by atoms with Crippen molar-refractivity contribution in [2.75, 3.05) is 0 Å². The van der Waals surface area contributed by atoms with Crippen LogP contribution in [0.15, 0.2) is 22.8 Å². The molecule has 0 aromatic carbocycles. The van der Waals surface area contributed by atoms with Crippen molar-refractivity contribution in [2.45, 2.75) is 38.8 Å². The van der Waals surface area contributed by atoms with Gasteiger partial charge in [-0.05, 0) is 18.6 Å². The highest BCUT2D eigenvalue weighted by atomic mass is 16.4. The van der Waals surface area contributed by atoms with E-state index in [-0.39, 0.29) is 6.54 Å². The fourth-order valence-electron chi connectivity index (χ4n) is 1.46. The highest BCUT2D eigenvalue weighted by Gasteiger charge is 2.18. The minimum atomic E-state index is -1.02. The van der Waals surface area contributed by atoms with Gasteiger partial charge in [-0.25, -0.2) is 9.59 Å². The molecule has 1 aromatic rings. The summed E-state index contributed by atoms with van der Waals surface area (Å²) in [7, 11) is 0. The lowest BCUT2D eigenvalue weighted by molar-refractivity contribution is -0.139. The Hall–Kier alpha value is -1.98. The highest BCUT2D eigenvalue weighted by Crippen LogP contribution is 2.01. The summed E-state index contributed by atoms with van der Waals surface area (Å²) in [6, 6.07) is 2.10. The summed E-state index contributed by atoms with van der Waals surface area (Å²) in [5, 5.41) is 13.9. The standard InChI is InChI=1S/C12H18N2O4/c1-2-3-6-10(11(15)16)14-12(17)13-8-9-5-4-7-18-9/h4-5,7,10H,2-3,6,8H2,1H3,(H,15,16)(H2,13,14,17). The maximum Gasteiger partial charge on any atom is 0.326 e. The summed E-state index contributed by atoms with van der Waals surface area (Å²) in [4.78, 5) is 22.4. The van der Waals surface area contributed by atoms with Crippen LogP contribution < -0.4 is 10.6 Å². The number of hydrogen-bond acceptors (Lipinski definition) is 3. The van der Waals surface area contributed by atoms with Crippen molar-refractivity contribution in [3.8, 4) is 0 Å². The average molecular weight is 254 g/mol. The van der Waals surface area contributed by atoms with E-state index in [1.165, 1.54) is 6.26 Å². The molecule has 0 saturated carbocycles. The zero-order valence-electron chi connectivity index (χ0n) is 10.3. The van der Waals surface area contributed by atoms with Crippen molar-refractivity contribution in [2.24, 2.45) is 0 Å². The molecule has 0 aliphatic carbocycles. The summed E-state index contributed by atoms with van der Waals surface area (Å²) >= 11 is 0. The van der Waals surface area contributed by atoms with Crippen LogP contribution in [0.25, 0.3) is 0 Å². The van der Waals surface area contributed by atoms with Crippen molar-refractivity contribution < 1.29 is 19.1 Å². The van der Waals surface area contributed by atoms with Gasteiger partial charge in [0, 0.05) is 0 Å². The van der Waals surface area contributed by atoms with E-state index in [4.69, 9.17) is 9.52 Å². The molecule has 6 heteroatoms. The lowest BCUT2D eigenvalue weighted by atomic mass is 10.1. The third-order valence-corrected chi connectivity index (χ3v) is 2.45. The van der Waals surface area contributed by atoms with E-state index in [1.807, 2.05) is 6.92 Å². The fourth-order valence-corrected chi connectivity index (χ4v) is 1.46. The van der Waals surface area contributed by atoms with Crippen LogP contribution in [0, 0.1) is 0 Å². The molecule has 1 atom stereocenters. The molecule has 18 heavy (non-hydrogen) atoms. The first kappa shape index (κ1) is 14.1. The van der Waals surface area contributed by atoms with Gasteiger partial charge in [0.15, 0.2) is 0 Å². The number of furan rings is 1. The number of unbranched alkanes of at least 4 members (excludes halogenated alkanes) is 1. The third kappa shape index (κ3) is 4.90. The third-order valence-electron chi connectivity index (χ3n) is 2.45. The largest absolute Gasteiger partial charge is 0.480 e. The molecule has 0 aliphatic rings. The summed E-state index contributed by atoms with van der Waals surface area (Å²) < 4.78 is 5.04. The number of nitrogens with one attached hydrogen (secondary N) is 2. The van der Waals surface area contributed by atoms with Crippen molar-refractivity contribution in [1.82, 2.24) is 10.6 Å². The SMILES string of the molecule is CCCCC(NC(=O)NCc1ccco1)C(=O)O. The van der Waals surface area contributed by atoms with Gasteiger partial charge >= 0.3 is 12.0 Å². The molecule has 0 saturated heterocycles. The Balaban J connectivity index is 2.34. The van der Waals surface area contributed by atoms with Gasteiger partial charge in [-0.1, -0.05) is 19.8 Å². The Morgan fingerprint density at radius 2 is 2.28 bits per heavy atom. The highest BCUT2D eigenvalue weighted by molar-refractivity contribution is 5.82. The van der Waals surface area contributed by atoms with Crippen molar-refractivity contribution >= 4 is 12.0 Å². The summed E-state index contributed by atoms with van der Waals surface area (Å²) in [6.07, 6.45) is 3.59. The van der Waals surface area contributed by atoms with Gasteiger partial charge in [-0.2, -0.15) is 0 Å². The van der Waals surface area contributed by atoms with Crippen LogP contribution >= 0.6 is 0 Å². The van der Waals surface area contributed by atoms with Gasteiger partial charge in [0.1, 0.15) is 11.8 Å². The van der Waals surface area contributed by atoms with Crippen LogP contribution in [-0.2, 0) is 11.3 Å². The predicted octanol–water partition coefficient (Wildman–Crippen LogP) is 1.72. The van der Waals surface area contributed by atoms with Gasteiger partial charge in [-0.3, -0.25) is 0 Å². The van der Waals surface area contributed by atoms with Crippen LogP contribution in [0.3, 0.4) is 0 Å². The normalized spacial score (nSPS) is 11.8. The smallest absolute Gasteiger partial charge is 0.326 e. The minimum absolute atomic E-state index is 0.235. The van der Waals surface area contributed by atoms with Crippen LogP contribution in [0.2, 0.25) is 0 Å². The number of urea groups is 1. The summed E-state index contributed by atoms with van der Waals surface area (Å²) in [6.45, 7) is 2.20. The van der Waals surface area contributed by atoms with Gasteiger partial charge in [0.25, 0.3) is 0 Å². The monoisotopic (exact) mass is 254 g/mol. The van der Waals surface area contributed by atoms with Gasteiger partial charge in [0.2, 0.25) is 0 Å². The summed E-state index contributed by atoms with van der Waals surface area (Å²) in [5.41, 5.74) is 0. The predicted molar refractivity (Wildman–Crippen MR) is 65.0 cm³/mol. The van der Waals surface area contributed by atoms with Crippen molar-refractivity contribution in [3.05, 3.63) is 24.2 Å². The molecular formula is C12H18N2O4. The maximum absolute atomic E-state index is 11.5. The number of hydrogen-bond donors (Lipinski definition) is 3. The molecule has 6 nitrogen and oxygen atoms in total. The van der Waals surface area contributed by atoms with Crippen LogP contribution in [0.5, 0.6) is 0 Å². The van der Waals surface area contributed by atoms with E-state index in [0.717, 1.165) is 12.8 Å². The topological polar surface area (TPSA) is 91.6 Å². The lowest BCUT2D eigenvalue weighted by Crippen LogP contribution is -2.45. The number of rotatable bonds is 7. The van der Waals surface area contributed by atoms with E-state index in [0.29, 0.717) is 12.2 Å². The zero-order valence-corrected chi connectivity index (χ0v) is 10.3. The van der Waals surface area contributed by atoms with E-state index in [9.17, 15) is 9.59 Å². The molecule has 1 unspecified atom stereocenters. The van der Waals surface area contributed by atoms with Crippen LogP contribution in [0.1, 0.15) is 31.9 Å². The molecule has 0 bridgehead atoms. The number of amides is 2. The molecule has 100 valence electrons. The van der Waals surface area contributed by atoms with E-state index in [1.54, 1.807) is 12.1 Å². The number of carboxylic acids is 1. The van der Waals surface area contributed by atoms with E-state index in [2.05, 4.69) is 10.6 Å². The second-order valence-corrected chi connectivity index (χ2v) is 3.94. The first-order valence-corrected chi connectivity index (χ1v) is 5.93. The Morgan fingerprint density at radius 1 is 1.50 bits per heavy atom. The molecular weight excluding hydrogens is 236 g/mol. The molecule has 1 rings (SSSR count). The van der Waals surface area contributed by atoms with Crippen LogP contribution in [-0.4, -0.2) is 23.1 Å². The Kier molecular flexibility index (Phi) is 5.76. The van der Waals surface area contributed by atoms with Crippen molar-refractivity contribution in [1.29, 1.82) is 0 Å².